The van der Waals surface area contributed by atoms with Gasteiger partial charge in [0.15, 0.2) is 0 Å². The molecule has 0 spiro atoms. The quantitative estimate of drug-likeness (QED) is 0.193. The molecule has 4 aromatic rings. The summed E-state index contributed by atoms with van der Waals surface area (Å²) in [5.74, 6) is 1.04. The van der Waals surface area contributed by atoms with Gasteiger partial charge in [-0.1, -0.05) is 17.7 Å². The zero-order valence-electron chi connectivity index (χ0n) is 25.4. The summed E-state index contributed by atoms with van der Waals surface area (Å²) < 4.78 is 5.68. The van der Waals surface area contributed by atoms with Gasteiger partial charge in [-0.3, -0.25) is 14.4 Å². The summed E-state index contributed by atoms with van der Waals surface area (Å²) in [6, 6.07) is 11.1. The number of benzene rings is 2. The second-order valence-corrected chi connectivity index (χ2v) is 12.4. The standard InChI is InChI=1S/C33H37ClN6O5/c1-19-3-4-29(25(34)13-19)45-18-23(42)16-36-26-5-9-35-32(43)30(26)31-37-27-14-21-17-40(33(44)24(21)15-28(27)38-31)22-7-11-39(12-8-22)10-6-20(2)41/h3-5,9,13-15,22-23,42H,6-8,10-12,16-18H2,1-2H3,(H,37,38)(H2,35,36,43)/t23-/m1/s1. The Labute approximate surface area is 265 Å². The van der Waals surface area contributed by atoms with Crippen LogP contribution in [-0.2, 0) is 11.3 Å². The number of nitrogens with zero attached hydrogens (tertiary/aromatic N) is 3. The number of Topliss-reactive ketones (excluding diaryl/α,β-unsaturated/α-hetero) is 1. The first kappa shape index (κ1) is 30.8. The summed E-state index contributed by atoms with van der Waals surface area (Å²) >= 11 is 6.23. The van der Waals surface area contributed by atoms with Gasteiger partial charge in [-0.25, -0.2) is 4.98 Å². The number of hydrogen-bond acceptors (Lipinski definition) is 8. The highest BCUT2D eigenvalue weighted by molar-refractivity contribution is 6.32. The van der Waals surface area contributed by atoms with E-state index in [1.807, 2.05) is 24.0 Å². The van der Waals surface area contributed by atoms with Crippen molar-refractivity contribution >= 4 is 40.0 Å². The second kappa shape index (κ2) is 13.0. The van der Waals surface area contributed by atoms with Gasteiger partial charge in [0.2, 0.25) is 0 Å². The number of aliphatic hydroxyl groups excluding tert-OH is 1. The van der Waals surface area contributed by atoms with Crippen LogP contribution in [-0.4, -0.2) is 86.5 Å². The molecule has 1 amide bonds. The minimum Gasteiger partial charge on any atom is -0.489 e. The van der Waals surface area contributed by atoms with E-state index >= 15 is 0 Å². The number of aliphatic hydroxyl groups is 1. The summed E-state index contributed by atoms with van der Waals surface area (Å²) in [4.78, 5) is 52.7. The number of halogens is 1. The van der Waals surface area contributed by atoms with Crippen molar-refractivity contribution in [3.05, 3.63) is 74.7 Å². The van der Waals surface area contributed by atoms with Gasteiger partial charge < -0.3 is 34.9 Å². The molecule has 6 rings (SSSR count). The first-order valence-corrected chi connectivity index (χ1v) is 15.6. The third kappa shape index (κ3) is 6.75. The highest BCUT2D eigenvalue weighted by atomic mass is 35.5. The summed E-state index contributed by atoms with van der Waals surface area (Å²) in [6.45, 7) is 6.73. The van der Waals surface area contributed by atoms with Crippen LogP contribution in [0.15, 0.2) is 47.4 Å². The second-order valence-electron chi connectivity index (χ2n) is 11.9. The van der Waals surface area contributed by atoms with E-state index in [0.717, 1.165) is 49.1 Å². The molecule has 1 fully saturated rings. The van der Waals surface area contributed by atoms with Gasteiger partial charge >= 0.3 is 0 Å². The maximum absolute atomic E-state index is 13.5. The number of aryl methyl sites for hydroxylation is 1. The molecule has 2 aromatic heterocycles. The first-order valence-electron chi connectivity index (χ1n) is 15.2. The summed E-state index contributed by atoms with van der Waals surface area (Å²) in [7, 11) is 0. The van der Waals surface area contributed by atoms with Crippen LogP contribution in [0, 0.1) is 6.92 Å². The molecule has 2 aliphatic rings. The zero-order valence-corrected chi connectivity index (χ0v) is 26.1. The van der Waals surface area contributed by atoms with E-state index in [1.54, 1.807) is 31.2 Å². The lowest BCUT2D eigenvalue weighted by Crippen LogP contribution is -2.45. The molecule has 2 aromatic carbocycles. The fourth-order valence-corrected chi connectivity index (χ4v) is 6.37. The van der Waals surface area contributed by atoms with E-state index in [4.69, 9.17) is 21.3 Å². The maximum atomic E-state index is 13.5. The lowest BCUT2D eigenvalue weighted by molar-refractivity contribution is -0.117. The van der Waals surface area contributed by atoms with E-state index in [9.17, 15) is 19.5 Å². The molecule has 11 nitrogen and oxygen atoms in total. The fourth-order valence-electron chi connectivity index (χ4n) is 6.08. The van der Waals surface area contributed by atoms with Crippen LogP contribution >= 0.6 is 11.6 Å². The van der Waals surface area contributed by atoms with Gasteiger partial charge in [0.25, 0.3) is 11.5 Å². The Kier molecular flexibility index (Phi) is 8.93. The number of aromatic amines is 2. The predicted octanol–water partition coefficient (Wildman–Crippen LogP) is 4.13. The number of carbonyl (C=O) groups is 2. The average molecular weight is 633 g/mol. The normalized spacial score (nSPS) is 16.3. The number of rotatable bonds is 11. The number of ketones is 1. The van der Waals surface area contributed by atoms with Crippen LogP contribution in [0.1, 0.15) is 47.7 Å². The number of carbonyl (C=O) groups excluding carboxylic acids is 2. The van der Waals surface area contributed by atoms with Gasteiger partial charge in [-0.2, -0.15) is 0 Å². The number of piperidine rings is 1. The molecule has 4 N–H and O–H groups in total. The third-order valence-corrected chi connectivity index (χ3v) is 8.86. The molecular weight excluding hydrogens is 596 g/mol. The van der Waals surface area contributed by atoms with Crippen LogP contribution in [0.3, 0.4) is 0 Å². The van der Waals surface area contributed by atoms with Crippen molar-refractivity contribution in [3.8, 4) is 17.1 Å². The fraction of sp³-hybridized carbons (Fsp3) is 0.394. The Bertz CT molecular complexity index is 1790. The van der Waals surface area contributed by atoms with Crippen molar-refractivity contribution in [1.82, 2.24) is 24.8 Å². The Morgan fingerprint density at radius 1 is 1.20 bits per heavy atom. The smallest absolute Gasteiger partial charge is 0.261 e. The van der Waals surface area contributed by atoms with E-state index in [1.165, 1.54) is 6.20 Å². The number of H-pyrrole nitrogens is 2. The lowest BCUT2D eigenvalue weighted by Gasteiger charge is -2.36. The van der Waals surface area contributed by atoms with Crippen LogP contribution in [0.4, 0.5) is 5.69 Å². The Morgan fingerprint density at radius 3 is 2.76 bits per heavy atom. The third-order valence-electron chi connectivity index (χ3n) is 8.56. The summed E-state index contributed by atoms with van der Waals surface area (Å²) in [6.07, 6.45) is 2.97. The Morgan fingerprint density at radius 2 is 2.00 bits per heavy atom. The van der Waals surface area contributed by atoms with Gasteiger partial charge in [0, 0.05) is 56.9 Å². The molecule has 12 heteroatoms. The number of imidazole rings is 1. The average Bonchev–Trinajstić information content (AvgIpc) is 3.57. The van der Waals surface area contributed by atoms with Crippen molar-refractivity contribution < 1.29 is 19.4 Å². The number of amides is 1. The van der Waals surface area contributed by atoms with E-state index in [2.05, 4.69) is 20.2 Å². The highest BCUT2D eigenvalue weighted by Crippen LogP contribution is 2.33. The summed E-state index contributed by atoms with van der Waals surface area (Å²) in [5.41, 5.74) is 4.35. The Hall–Kier alpha value is -4.19. The molecule has 0 aliphatic carbocycles. The van der Waals surface area contributed by atoms with Crippen molar-refractivity contribution in [2.45, 2.75) is 51.8 Å². The molecule has 4 heterocycles. The van der Waals surface area contributed by atoms with Gasteiger partial charge in [-0.05, 0) is 68.1 Å². The van der Waals surface area contributed by atoms with Crippen LogP contribution in [0.25, 0.3) is 22.4 Å². The predicted molar refractivity (Wildman–Crippen MR) is 173 cm³/mol. The van der Waals surface area contributed by atoms with Crippen molar-refractivity contribution in [1.29, 1.82) is 0 Å². The van der Waals surface area contributed by atoms with E-state index in [0.29, 0.717) is 51.9 Å². The largest absolute Gasteiger partial charge is 0.489 e. The molecular formula is C33H37ClN6O5. The van der Waals surface area contributed by atoms with E-state index in [-0.39, 0.29) is 36.4 Å². The van der Waals surface area contributed by atoms with Crippen LogP contribution < -0.4 is 15.6 Å². The molecule has 0 unspecified atom stereocenters. The SMILES string of the molecule is CC(=O)CCN1CCC(N2Cc3cc4[nH]c(-c5c(NC[C@@H](O)COc6ccc(C)cc6Cl)cc[nH]c5=O)nc4cc3C2=O)CC1. The number of hydrogen-bond donors (Lipinski definition) is 4. The Balaban J connectivity index is 1.13. The molecule has 0 saturated carbocycles. The molecule has 45 heavy (non-hydrogen) atoms. The van der Waals surface area contributed by atoms with Crippen molar-refractivity contribution in [2.24, 2.45) is 0 Å². The topological polar surface area (TPSA) is 144 Å². The molecule has 0 radical (unpaired) electrons. The van der Waals surface area contributed by atoms with Crippen molar-refractivity contribution in [2.75, 3.05) is 38.1 Å². The van der Waals surface area contributed by atoms with Gasteiger partial charge in [0.1, 0.15) is 35.6 Å². The van der Waals surface area contributed by atoms with Gasteiger partial charge in [0.05, 0.1) is 21.7 Å². The summed E-state index contributed by atoms with van der Waals surface area (Å²) in [5, 5.41) is 14.2. The number of ether oxygens (including phenoxy) is 1. The van der Waals surface area contributed by atoms with Crippen LogP contribution in [0.2, 0.25) is 5.02 Å². The number of anilines is 1. The number of fused-ring (bicyclic) bond motifs is 2. The highest BCUT2D eigenvalue weighted by Gasteiger charge is 2.35. The molecule has 1 atom stereocenters. The minimum absolute atomic E-state index is 0.00156. The van der Waals surface area contributed by atoms with Crippen LogP contribution in [0.5, 0.6) is 5.75 Å². The minimum atomic E-state index is -0.880. The number of likely N-dealkylation sites (tertiary alicyclic amines) is 1. The maximum Gasteiger partial charge on any atom is 0.261 e. The molecule has 0 bridgehead atoms. The molecule has 236 valence electrons. The zero-order chi connectivity index (χ0) is 31.7. The number of aromatic nitrogens is 3. The van der Waals surface area contributed by atoms with Crippen molar-refractivity contribution in [3.63, 3.8) is 0 Å². The van der Waals surface area contributed by atoms with E-state index < -0.39 is 6.10 Å². The first-order chi connectivity index (χ1) is 21.7. The van der Waals surface area contributed by atoms with Gasteiger partial charge in [-0.15, -0.1) is 0 Å². The number of pyridine rings is 1. The monoisotopic (exact) mass is 632 g/mol. The number of nitrogens with one attached hydrogen (secondary N) is 3. The molecule has 1 saturated heterocycles. The molecule has 2 aliphatic heterocycles. The lowest BCUT2D eigenvalue weighted by atomic mass is 10.0.